The average molecular weight is 235 g/mol. The van der Waals surface area contributed by atoms with Crippen LogP contribution in [0.4, 0.5) is 0 Å². The molecule has 0 aromatic heterocycles. The van der Waals surface area contributed by atoms with Gasteiger partial charge in [-0.15, -0.1) is 0 Å². The Bertz CT molecular complexity index is 153. The van der Waals surface area contributed by atoms with Crippen LogP contribution in [-0.4, -0.2) is 15.9 Å². The normalized spacial score (nSPS) is 22.1. The summed E-state index contributed by atoms with van der Waals surface area (Å²) in [6, 6.07) is 0. The molecule has 3 heteroatoms. The molecule has 70 valence electrons. The number of halogens is 1. The molecule has 1 fully saturated rings. The third-order valence-corrected chi connectivity index (χ3v) is 3.60. The van der Waals surface area contributed by atoms with Crippen molar-refractivity contribution in [2.45, 2.75) is 43.4 Å². The van der Waals surface area contributed by atoms with Gasteiger partial charge in [-0.3, -0.25) is 4.79 Å². The summed E-state index contributed by atoms with van der Waals surface area (Å²) < 4.78 is 0. The maximum Gasteiger partial charge on any atom is 0.304 e. The molecule has 0 aromatic carbocycles. The first kappa shape index (κ1) is 10.0. The predicted molar refractivity (Wildman–Crippen MR) is 51.5 cm³/mol. The molecular weight excluding hydrogens is 220 g/mol. The van der Waals surface area contributed by atoms with Gasteiger partial charge in [-0.25, -0.2) is 0 Å². The standard InChI is InChI=1S/C9H15BrO2/c10-8(6-9(11)12)7-4-2-1-3-5-7/h7-8H,1-6H2,(H,11,12). The number of carboxylic acids is 1. The van der Waals surface area contributed by atoms with E-state index in [9.17, 15) is 4.79 Å². The molecule has 1 aliphatic carbocycles. The second kappa shape index (κ2) is 4.85. The van der Waals surface area contributed by atoms with Gasteiger partial charge in [0, 0.05) is 4.83 Å². The zero-order valence-corrected chi connectivity index (χ0v) is 8.72. The van der Waals surface area contributed by atoms with Crippen molar-refractivity contribution in [1.29, 1.82) is 0 Å². The third kappa shape index (κ3) is 3.13. The number of carboxylic acid groups (broad SMARTS) is 1. The maximum absolute atomic E-state index is 10.4. The van der Waals surface area contributed by atoms with E-state index >= 15 is 0 Å². The Morgan fingerprint density at radius 3 is 2.50 bits per heavy atom. The van der Waals surface area contributed by atoms with Crippen LogP contribution >= 0.6 is 15.9 Å². The molecule has 1 saturated carbocycles. The third-order valence-electron chi connectivity index (χ3n) is 2.53. The predicted octanol–water partition coefficient (Wildman–Crippen LogP) is 2.80. The Morgan fingerprint density at radius 2 is 2.00 bits per heavy atom. The lowest BCUT2D eigenvalue weighted by molar-refractivity contribution is -0.137. The van der Waals surface area contributed by atoms with Gasteiger partial charge in [0.1, 0.15) is 0 Å². The van der Waals surface area contributed by atoms with Crippen LogP contribution in [0.3, 0.4) is 0 Å². The van der Waals surface area contributed by atoms with Crippen LogP contribution in [0, 0.1) is 5.92 Å². The van der Waals surface area contributed by atoms with Crippen molar-refractivity contribution in [1.82, 2.24) is 0 Å². The number of carbonyl (C=O) groups is 1. The molecule has 0 amide bonds. The van der Waals surface area contributed by atoms with Crippen LogP contribution in [-0.2, 0) is 4.79 Å². The SMILES string of the molecule is O=C(O)CC(Br)C1CCCCC1. The topological polar surface area (TPSA) is 37.3 Å². The van der Waals surface area contributed by atoms with Crippen molar-refractivity contribution in [3.8, 4) is 0 Å². The summed E-state index contributed by atoms with van der Waals surface area (Å²) in [7, 11) is 0. The zero-order chi connectivity index (χ0) is 8.97. The van der Waals surface area contributed by atoms with Crippen LogP contribution in [0.2, 0.25) is 0 Å². The van der Waals surface area contributed by atoms with E-state index in [1.807, 2.05) is 0 Å². The summed E-state index contributed by atoms with van der Waals surface area (Å²) in [6.45, 7) is 0. The molecule has 1 aliphatic rings. The summed E-state index contributed by atoms with van der Waals surface area (Å²) >= 11 is 3.46. The van der Waals surface area contributed by atoms with Crippen molar-refractivity contribution >= 4 is 21.9 Å². The Kier molecular flexibility index (Phi) is 4.06. The van der Waals surface area contributed by atoms with E-state index in [4.69, 9.17) is 5.11 Å². The highest BCUT2D eigenvalue weighted by Gasteiger charge is 2.22. The van der Waals surface area contributed by atoms with Crippen molar-refractivity contribution < 1.29 is 9.90 Å². The van der Waals surface area contributed by atoms with Crippen molar-refractivity contribution in [3.05, 3.63) is 0 Å². The Hall–Kier alpha value is -0.0500. The number of alkyl halides is 1. The molecule has 0 aromatic rings. The van der Waals surface area contributed by atoms with Crippen LogP contribution in [0.15, 0.2) is 0 Å². The zero-order valence-electron chi connectivity index (χ0n) is 7.13. The fraction of sp³-hybridized carbons (Fsp3) is 0.889. The molecule has 0 spiro atoms. The number of hydrogen-bond acceptors (Lipinski definition) is 1. The van der Waals surface area contributed by atoms with E-state index < -0.39 is 5.97 Å². The molecule has 1 rings (SSSR count). The summed E-state index contributed by atoms with van der Waals surface area (Å²) in [4.78, 5) is 10.6. The summed E-state index contributed by atoms with van der Waals surface area (Å²) in [5, 5.41) is 8.58. The van der Waals surface area contributed by atoms with Crippen molar-refractivity contribution in [3.63, 3.8) is 0 Å². The lowest BCUT2D eigenvalue weighted by atomic mass is 9.86. The molecule has 12 heavy (non-hydrogen) atoms. The second-order valence-corrected chi connectivity index (χ2v) is 4.69. The average Bonchev–Trinajstić information content (AvgIpc) is 2.05. The van der Waals surface area contributed by atoms with Crippen molar-refractivity contribution in [2.75, 3.05) is 0 Å². The second-order valence-electron chi connectivity index (χ2n) is 3.51. The van der Waals surface area contributed by atoms with E-state index in [0.29, 0.717) is 5.92 Å². The monoisotopic (exact) mass is 234 g/mol. The first-order valence-corrected chi connectivity index (χ1v) is 5.47. The van der Waals surface area contributed by atoms with Gasteiger partial charge in [-0.1, -0.05) is 35.2 Å². The molecule has 1 unspecified atom stereocenters. The van der Waals surface area contributed by atoms with Gasteiger partial charge in [0.05, 0.1) is 6.42 Å². The molecule has 1 N–H and O–H groups in total. The Labute approximate surface area is 81.5 Å². The van der Waals surface area contributed by atoms with Gasteiger partial charge >= 0.3 is 5.97 Å². The molecule has 0 heterocycles. The molecule has 0 radical (unpaired) electrons. The minimum atomic E-state index is -0.692. The van der Waals surface area contributed by atoms with Crippen LogP contribution in [0.25, 0.3) is 0 Å². The van der Waals surface area contributed by atoms with E-state index in [-0.39, 0.29) is 11.2 Å². The van der Waals surface area contributed by atoms with E-state index in [0.717, 1.165) is 0 Å². The van der Waals surface area contributed by atoms with Crippen LogP contribution in [0.1, 0.15) is 38.5 Å². The van der Waals surface area contributed by atoms with Gasteiger partial charge in [0.25, 0.3) is 0 Å². The molecule has 0 aliphatic heterocycles. The fourth-order valence-corrected chi connectivity index (χ4v) is 2.63. The minimum Gasteiger partial charge on any atom is -0.481 e. The first-order valence-electron chi connectivity index (χ1n) is 4.56. The largest absolute Gasteiger partial charge is 0.481 e. The van der Waals surface area contributed by atoms with Crippen LogP contribution in [0.5, 0.6) is 0 Å². The molecule has 0 saturated heterocycles. The summed E-state index contributed by atoms with van der Waals surface area (Å²) in [5.41, 5.74) is 0. The Morgan fingerprint density at radius 1 is 1.42 bits per heavy atom. The summed E-state index contributed by atoms with van der Waals surface area (Å²) in [5.74, 6) is -0.0997. The lowest BCUT2D eigenvalue weighted by Crippen LogP contribution is -2.20. The summed E-state index contributed by atoms with van der Waals surface area (Å²) in [6.07, 6.45) is 6.53. The lowest BCUT2D eigenvalue weighted by Gasteiger charge is -2.25. The van der Waals surface area contributed by atoms with Gasteiger partial charge < -0.3 is 5.11 Å². The van der Waals surface area contributed by atoms with E-state index in [2.05, 4.69) is 15.9 Å². The highest BCUT2D eigenvalue weighted by atomic mass is 79.9. The van der Waals surface area contributed by atoms with Gasteiger partial charge in [0.15, 0.2) is 0 Å². The maximum atomic E-state index is 10.4. The quantitative estimate of drug-likeness (QED) is 0.763. The number of hydrogen-bond donors (Lipinski definition) is 1. The fourth-order valence-electron chi connectivity index (χ4n) is 1.83. The smallest absolute Gasteiger partial charge is 0.304 e. The van der Waals surface area contributed by atoms with Gasteiger partial charge in [-0.05, 0) is 18.8 Å². The van der Waals surface area contributed by atoms with Gasteiger partial charge in [-0.2, -0.15) is 0 Å². The Balaban J connectivity index is 2.29. The van der Waals surface area contributed by atoms with E-state index in [1.54, 1.807) is 0 Å². The first-order chi connectivity index (χ1) is 5.70. The van der Waals surface area contributed by atoms with Gasteiger partial charge in [0.2, 0.25) is 0 Å². The number of rotatable bonds is 3. The molecular formula is C9H15BrO2. The van der Waals surface area contributed by atoms with Crippen LogP contribution < -0.4 is 0 Å². The van der Waals surface area contributed by atoms with E-state index in [1.165, 1.54) is 32.1 Å². The molecule has 2 nitrogen and oxygen atoms in total. The molecule has 0 bridgehead atoms. The van der Waals surface area contributed by atoms with Crippen molar-refractivity contribution in [2.24, 2.45) is 5.92 Å². The minimum absolute atomic E-state index is 0.190. The molecule has 1 atom stereocenters. The number of aliphatic carboxylic acids is 1. The highest BCUT2D eigenvalue weighted by molar-refractivity contribution is 9.09. The highest BCUT2D eigenvalue weighted by Crippen LogP contribution is 2.31.